The molecule has 1 aliphatic rings. The van der Waals surface area contributed by atoms with Crippen molar-refractivity contribution in [3.05, 3.63) is 20.8 Å². The molecule has 2 unspecified atom stereocenters. The van der Waals surface area contributed by atoms with Gasteiger partial charge in [-0.25, -0.2) is 0 Å². The van der Waals surface area contributed by atoms with Crippen LogP contribution in [0, 0.1) is 5.92 Å². The SMILES string of the molecule is NCC1CCCC1NCc1ccc(Br)s1. The van der Waals surface area contributed by atoms with Gasteiger partial charge in [0, 0.05) is 17.5 Å². The van der Waals surface area contributed by atoms with Crippen LogP contribution in [0.15, 0.2) is 15.9 Å². The van der Waals surface area contributed by atoms with Crippen molar-refractivity contribution in [2.75, 3.05) is 6.54 Å². The van der Waals surface area contributed by atoms with E-state index < -0.39 is 0 Å². The maximum atomic E-state index is 5.75. The summed E-state index contributed by atoms with van der Waals surface area (Å²) in [4.78, 5) is 1.39. The minimum absolute atomic E-state index is 0.635. The molecule has 1 saturated carbocycles. The molecule has 0 aliphatic heterocycles. The van der Waals surface area contributed by atoms with Crippen LogP contribution in [-0.2, 0) is 6.54 Å². The standard InChI is InChI=1S/C11H17BrN2S/c12-11-5-4-9(15-11)7-14-10-3-1-2-8(10)6-13/h4-5,8,10,14H,1-3,6-7,13H2. The summed E-state index contributed by atoms with van der Waals surface area (Å²) in [6, 6.07) is 4.92. The molecule has 2 nitrogen and oxygen atoms in total. The molecule has 1 aliphatic carbocycles. The van der Waals surface area contributed by atoms with E-state index in [2.05, 4.69) is 33.4 Å². The molecule has 0 aromatic carbocycles. The van der Waals surface area contributed by atoms with Gasteiger partial charge in [0.05, 0.1) is 3.79 Å². The molecule has 0 radical (unpaired) electrons. The molecule has 15 heavy (non-hydrogen) atoms. The molecule has 1 aromatic heterocycles. The zero-order valence-corrected chi connectivity index (χ0v) is 11.1. The highest BCUT2D eigenvalue weighted by Gasteiger charge is 2.25. The molecule has 84 valence electrons. The molecule has 2 atom stereocenters. The lowest BCUT2D eigenvalue weighted by atomic mass is 10.0. The van der Waals surface area contributed by atoms with Crippen LogP contribution in [0.1, 0.15) is 24.1 Å². The lowest BCUT2D eigenvalue weighted by Crippen LogP contribution is -2.35. The van der Waals surface area contributed by atoms with Gasteiger partial charge in [-0.2, -0.15) is 0 Å². The van der Waals surface area contributed by atoms with Gasteiger partial charge < -0.3 is 11.1 Å². The van der Waals surface area contributed by atoms with E-state index in [1.165, 1.54) is 27.9 Å². The van der Waals surface area contributed by atoms with Crippen LogP contribution in [-0.4, -0.2) is 12.6 Å². The third-order valence-electron chi connectivity index (χ3n) is 3.13. The summed E-state index contributed by atoms with van der Waals surface area (Å²) in [6.45, 7) is 1.81. The second kappa shape index (κ2) is 5.43. The van der Waals surface area contributed by atoms with E-state index >= 15 is 0 Å². The van der Waals surface area contributed by atoms with Gasteiger partial charge in [0.2, 0.25) is 0 Å². The smallest absolute Gasteiger partial charge is 0.0701 e. The second-order valence-corrected chi connectivity index (χ2v) is 6.67. The zero-order chi connectivity index (χ0) is 10.7. The molecule has 0 amide bonds. The summed E-state index contributed by atoms with van der Waals surface area (Å²) < 4.78 is 1.21. The lowest BCUT2D eigenvalue weighted by molar-refractivity contribution is 0.407. The number of rotatable bonds is 4. The molecule has 0 spiro atoms. The highest BCUT2D eigenvalue weighted by Crippen LogP contribution is 2.26. The van der Waals surface area contributed by atoms with Crippen molar-refractivity contribution < 1.29 is 0 Å². The van der Waals surface area contributed by atoms with Crippen LogP contribution in [0.5, 0.6) is 0 Å². The Kier molecular flexibility index (Phi) is 4.20. The van der Waals surface area contributed by atoms with E-state index in [1.807, 2.05) is 0 Å². The first kappa shape index (κ1) is 11.6. The molecule has 0 bridgehead atoms. The predicted octanol–water partition coefficient (Wildman–Crippen LogP) is 2.73. The highest BCUT2D eigenvalue weighted by atomic mass is 79.9. The van der Waals surface area contributed by atoms with E-state index in [-0.39, 0.29) is 0 Å². The van der Waals surface area contributed by atoms with Crippen molar-refractivity contribution in [3.8, 4) is 0 Å². The Labute approximate surface area is 103 Å². The molecular weight excluding hydrogens is 272 g/mol. The van der Waals surface area contributed by atoms with Crippen LogP contribution < -0.4 is 11.1 Å². The molecule has 4 heteroatoms. The molecule has 3 N–H and O–H groups in total. The maximum Gasteiger partial charge on any atom is 0.0701 e. The fraction of sp³-hybridized carbons (Fsp3) is 0.636. The van der Waals surface area contributed by atoms with E-state index in [9.17, 15) is 0 Å². The monoisotopic (exact) mass is 288 g/mol. The normalized spacial score (nSPS) is 26.0. The van der Waals surface area contributed by atoms with E-state index in [1.54, 1.807) is 11.3 Å². The van der Waals surface area contributed by atoms with Crippen molar-refractivity contribution in [1.29, 1.82) is 0 Å². The minimum Gasteiger partial charge on any atom is -0.330 e. The Hall–Kier alpha value is 0.1000. The van der Waals surface area contributed by atoms with Crippen LogP contribution in [0.2, 0.25) is 0 Å². The predicted molar refractivity (Wildman–Crippen MR) is 69.0 cm³/mol. The molecule has 1 fully saturated rings. The molecule has 1 heterocycles. The summed E-state index contributed by atoms with van der Waals surface area (Å²) in [7, 11) is 0. The van der Waals surface area contributed by atoms with Crippen molar-refractivity contribution >= 4 is 27.3 Å². The summed E-state index contributed by atoms with van der Waals surface area (Å²) in [5, 5.41) is 3.62. The quantitative estimate of drug-likeness (QED) is 0.894. The van der Waals surface area contributed by atoms with Crippen LogP contribution in [0.4, 0.5) is 0 Å². The number of hydrogen-bond donors (Lipinski definition) is 2. The first-order valence-electron chi connectivity index (χ1n) is 5.47. The summed E-state index contributed by atoms with van der Waals surface area (Å²) >= 11 is 5.28. The molecule has 0 saturated heterocycles. The Morgan fingerprint density at radius 1 is 1.47 bits per heavy atom. The number of hydrogen-bond acceptors (Lipinski definition) is 3. The first-order chi connectivity index (χ1) is 7.29. The summed E-state index contributed by atoms with van der Waals surface area (Å²) in [5.41, 5.74) is 5.75. The fourth-order valence-electron chi connectivity index (χ4n) is 2.27. The van der Waals surface area contributed by atoms with Gasteiger partial charge in [-0.15, -0.1) is 11.3 Å². The van der Waals surface area contributed by atoms with Crippen molar-refractivity contribution in [2.45, 2.75) is 31.8 Å². The topological polar surface area (TPSA) is 38.0 Å². The van der Waals surface area contributed by atoms with Gasteiger partial charge >= 0.3 is 0 Å². The average Bonchev–Trinajstić information content (AvgIpc) is 2.83. The Morgan fingerprint density at radius 2 is 2.33 bits per heavy atom. The van der Waals surface area contributed by atoms with Crippen LogP contribution in [0.3, 0.4) is 0 Å². The van der Waals surface area contributed by atoms with Gasteiger partial charge in [0.25, 0.3) is 0 Å². The second-order valence-electron chi connectivity index (χ2n) is 4.12. The maximum absolute atomic E-state index is 5.75. The van der Waals surface area contributed by atoms with Gasteiger partial charge in [-0.05, 0) is 53.4 Å². The first-order valence-corrected chi connectivity index (χ1v) is 7.08. The van der Waals surface area contributed by atoms with E-state index in [0.29, 0.717) is 12.0 Å². The zero-order valence-electron chi connectivity index (χ0n) is 8.71. The number of halogens is 1. The Bertz CT molecular complexity index is 313. The average molecular weight is 289 g/mol. The number of thiophene rings is 1. The highest BCUT2D eigenvalue weighted by molar-refractivity contribution is 9.11. The minimum atomic E-state index is 0.635. The van der Waals surface area contributed by atoms with Gasteiger partial charge in [-0.1, -0.05) is 6.42 Å². The summed E-state index contributed by atoms with van der Waals surface area (Å²) in [5.74, 6) is 0.688. The number of nitrogens with one attached hydrogen (secondary N) is 1. The van der Waals surface area contributed by atoms with Crippen molar-refractivity contribution in [1.82, 2.24) is 5.32 Å². The summed E-state index contributed by atoms with van der Waals surface area (Å²) in [6.07, 6.45) is 3.91. The van der Waals surface area contributed by atoms with Gasteiger partial charge in [0.15, 0.2) is 0 Å². The fourth-order valence-corrected chi connectivity index (χ4v) is 3.70. The largest absolute Gasteiger partial charge is 0.330 e. The van der Waals surface area contributed by atoms with Gasteiger partial charge in [-0.3, -0.25) is 0 Å². The van der Waals surface area contributed by atoms with Gasteiger partial charge in [0.1, 0.15) is 0 Å². The Morgan fingerprint density at radius 3 is 3.00 bits per heavy atom. The van der Waals surface area contributed by atoms with Crippen molar-refractivity contribution in [3.63, 3.8) is 0 Å². The van der Waals surface area contributed by atoms with Crippen LogP contribution >= 0.6 is 27.3 Å². The molecule has 2 rings (SSSR count). The third-order valence-corrected chi connectivity index (χ3v) is 4.75. The van der Waals surface area contributed by atoms with Crippen LogP contribution in [0.25, 0.3) is 0 Å². The van der Waals surface area contributed by atoms with E-state index in [0.717, 1.165) is 13.1 Å². The molecular formula is C11H17BrN2S. The Balaban J connectivity index is 1.82. The number of nitrogens with two attached hydrogens (primary N) is 1. The lowest BCUT2D eigenvalue weighted by Gasteiger charge is -2.18. The van der Waals surface area contributed by atoms with E-state index in [4.69, 9.17) is 5.73 Å². The van der Waals surface area contributed by atoms with Crippen molar-refractivity contribution in [2.24, 2.45) is 11.7 Å². The third kappa shape index (κ3) is 3.03. The molecule has 1 aromatic rings.